The maximum atomic E-state index is 13.8. The summed E-state index contributed by atoms with van der Waals surface area (Å²) in [6.07, 6.45) is 5.95. The smallest absolute Gasteiger partial charge is 0.868 e. The molecule has 2 aromatic heterocycles. The summed E-state index contributed by atoms with van der Waals surface area (Å²) in [5.74, 6) is -11.8. The Labute approximate surface area is 398 Å². The molecule has 0 unspecified atom stereocenters. The van der Waals surface area contributed by atoms with Gasteiger partial charge in [0.2, 0.25) is 5.43 Å². The van der Waals surface area contributed by atoms with Crippen molar-refractivity contribution in [3.63, 3.8) is 0 Å². The standard InChI is InChI=1S/C21H18F3N3O5.C14H14N2O6.C7H6F3N.CH4.Na/c22-9-3-14(23)12(15(24)4-9)6-25-20(30)13-7-26-8-16-27(10-1-2-11(5-10)32-16)21(31)17(26)19(29)18(13)28;17-11-8(14(20)21)4-15-5-9-16(13(19)10(15)12(11)18)6-1-2-7(3-6)22-9;8-4-1-6(9)5(3-11)7(10)2-4;;/h3-4,7,10-11,16,29H,1-2,5-6,8H2,(H,25,30);4,6-7,9,18H,1-3,5H2,(H,20,21);1-2H,3,11H2;1H4;/q;;;;+1/p-1/t10-,11+,16+;6-,7+,9+;;;/m00.../s1. The number of rotatable bonds is 5. The van der Waals surface area contributed by atoms with Gasteiger partial charge in [-0.1, -0.05) is 7.43 Å². The third kappa shape index (κ3) is 9.44. The Bertz CT molecular complexity index is 2750. The third-order valence-electron chi connectivity index (χ3n) is 12.2. The predicted molar refractivity (Wildman–Crippen MR) is 213 cm³/mol. The van der Waals surface area contributed by atoms with Crippen molar-refractivity contribution in [3.8, 4) is 11.5 Å². The van der Waals surface area contributed by atoms with Crippen LogP contribution in [-0.4, -0.2) is 89.6 Å². The summed E-state index contributed by atoms with van der Waals surface area (Å²) in [6.45, 7) is -0.654. The number of pyridine rings is 2. The molecule has 17 nitrogen and oxygen atoms in total. The number of carboxylic acid groups (broad SMARTS) is 1. The number of carbonyl (C=O) groups excluding carboxylic acids is 3. The summed E-state index contributed by atoms with van der Waals surface area (Å²) in [6, 6.07) is 2.12. The van der Waals surface area contributed by atoms with Crippen LogP contribution in [0.15, 0.2) is 46.2 Å². The van der Waals surface area contributed by atoms with Gasteiger partial charge in [0.15, 0.2) is 29.3 Å². The fraction of sp³-hybridized carbons (Fsp3) is 0.395. The number of ether oxygens (including phenoxy) is 2. The van der Waals surface area contributed by atoms with Crippen LogP contribution >= 0.6 is 0 Å². The van der Waals surface area contributed by atoms with Crippen LogP contribution in [0.25, 0.3) is 0 Å². The quantitative estimate of drug-likeness (QED) is 0.155. The number of hydrogen-bond donors (Lipinski definition) is 4. The largest absolute Gasteiger partial charge is 1.00 e. The molecule has 5 N–H and O–H groups in total. The SMILES string of the molecule is C.NCc1c(F)cc(F)cc1F.O=C(NCc1c(F)cc(F)cc1F)c1cn2c(c([O-])c1=O)C(=O)N1[C@H]3CC[C@H](C3)O[C@@H]1C2.O=C(O)c1cn2c(c(O)c1=O)C(=O)N1[C@H]3CC[C@H](C3)O[C@@H]1C2.[Na+]. The van der Waals surface area contributed by atoms with Crippen molar-refractivity contribution >= 4 is 23.7 Å². The topological polar surface area (TPSA) is 239 Å². The molecule has 2 aliphatic carbocycles. The average molecular weight is 955 g/mol. The molecule has 67 heavy (non-hydrogen) atoms. The summed E-state index contributed by atoms with van der Waals surface area (Å²) in [4.78, 5) is 76.8. The van der Waals surface area contributed by atoms with E-state index in [0.717, 1.165) is 44.5 Å². The molecule has 6 aliphatic rings. The second-order valence-corrected chi connectivity index (χ2v) is 16.1. The molecule has 10 rings (SSSR count). The Morgan fingerprint density at radius 3 is 1.64 bits per heavy atom. The first-order valence-corrected chi connectivity index (χ1v) is 20.2. The average Bonchev–Trinajstić information content (AvgIpc) is 3.81. The van der Waals surface area contributed by atoms with Crippen molar-refractivity contribution < 1.29 is 99.9 Å². The van der Waals surface area contributed by atoms with E-state index in [1.165, 1.54) is 14.0 Å². The molecule has 0 spiro atoms. The van der Waals surface area contributed by atoms with Crippen LogP contribution in [0.3, 0.4) is 0 Å². The van der Waals surface area contributed by atoms with Crippen molar-refractivity contribution in [2.45, 2.75) is 109 Å². The third-order valence-corrected chi connectivity index (χ3v) is 12.2. The van der Waals surface area contributed by atoms with Gasteiger partial charge in [-0.2, -0.15) is 0 Å². The number of fused-ring (bicyclic) bond motifs is 10. The first kappa shape index (κ1) is 50.7. The molecule has 4 aliphatic heterocycles. The zero-order chi connectivity index (χ0) is 46.8. The van der Waals surface area contributed by atoms with Gasteiger partial charge in [0.25, 0.3) is 17.7 Å². The zero-order valence-electron chi connectivity index (χ0n) is 34.7. The fourth-order valence-corrected chi connectivity index (χ4v) is 9.18. The van der Waals surface area contributed by atoms with Gasteiger partial charge in [0.1, 0.15) is 51.7 Å². The number of benzene rings is 2. The van der Waals surface area contributed by atoms with E-state index < -0.39 is 117 Å². The number of aromatic hydroxyl groups is 1. The molecule has 2 saturated carbocycles. The van der Waals surface area contributed by atoms with E-state index in [4.69, 9.17) is 20.3 Å². The van der Waals surface area contributed by atoms with E-state index in [1.54, 1.807) is 4.90 Å². The van der Waals surface area contributed by atoms with Crippen LogP contribution in [0.1, 0.15) is 98.8 Å². The van der Waals surface area contributed by atoms with Gasteiger partial charge in [0.05, 0.1) is 25.3 Å². The molecule has 352 valence electrons. The number of nitrogens with zero attached hydrogens (tertiary/aromatic N) is 4. The van der Waals surface area contributed by atoms with Crippen LogP contribution in [-0.2, 0) is 35.7 Å². The Hall–Kier alpha value is -5.72. The second kappa shape index (κ2) is 19.9. The van der Waals surface area contributed by atoms with Gasteiger partial charge in [-0.3, -0.25) is 24.0 Å². The molecule has 4 fully saturated rings. The number of carbonyl (C=O) groups is 4. The Kier molecular flexibility index (Phi) is 15.0. The minimum atomic E-state index is -1.44. The first-order chi connectivity index (χ1) is 30.9. The van der Waals surface area contributed by atoms with Crippen molar-refractivity contribution in [2.75, 3.05) is 0 Å². The van der Waals surface area contributed by atoms with Gasteiger partial charge >= 0.3 is 35.5 Å². The molecule has 6 heterocycles. The Morgan fingerprint density at radius 2 is 1.16 bits per heavy atom. The van der Waals surface area contributed by atoms with E-state index in [2.05, 4.69) is 5.32 Å². The second-order valence-electron chi connectivity index (χ2n) is 16.1. The molecule has 0 radical (unpaired) electrons. The van der Waals surface area contributed by atoms with E-state index in [9.17, 15) is 65.3 Å². The minimum Gasteiger partial charge on any atom is -0.868 e. The molecule has 2 aromatic carbocycles. The molecule has 3 amide bonds. The van der Waals surface area contributed by atoms with Crippen LogP contribution in [0.4, 0.5) is 26.3 Å². The van der Waals surface area contributed by atoms with E-state index in [-0.39, 0.29) is 97.9 Å². The number of hydrogen-bond acceptors (Lipinski definition) is 11. The number of halogens is 6. The van der Waals surface area contributed by atoms with E-state index in [1.807, 2.05) is 0 Å². The predicted octanol–water partition coefficient (Wildman–Crippen LogP) is 0.190. The van der Waals surface area contributed by atoms with Gasteiger partial charge in [0, 0.05) is 73.0 Å². The molecule has 4 aromatic rings. The summed E-state index contributed by atoms with van der Waals surface area (Å²) in [5.41, 5.74) is 0.272. The molecule has 6 atom stereocenters. The minimum absolute atomic E-state index is 0. The molecular weight excluding hydrogens is 913 g/mol. The van der Waals surface area contributed by atoms with Gasteiger partial charge in [-0.15, -0.1) is 0 Å². The Morgan fingerprint density at radius 1 is 0.716 bits per heavy atom. The summed E-state index contributed by atoms with van der Waals surface area (Å²) >= 11 is 0. The molecule has 2 saturated heterocycles. The number of nitrogens with two attached hydrogens (primary N) is 1. The van der Waals surface area contributed by atoms with Gasteiger partial charge in [-0.25, -0.2) is 31.1 Å². The number of nitrogens with one attached hydrogen (secondary N) is 1. The summed E-state index contributed by atoms with van der Waals surface area (Å²) in [7, 11) is 0. The monoisotopic (exact) mass is 954 g/mol. The first-order valence-electron chi connectivity index (χ1n) is 20.2. The number of carboxylic acids is 1. The van der Waals surface area contributed by atoms with Crippen LogP contribution < -0.4 is 56.6 Å². The molecule has 24 heteroatoms. The fourth-order valence-electron chi connectivity index (χ4n) is 9.18. The Balaban J connectivity index is 0.000000183. The van der Waals surface area contributed by atoms with Crippen molar-refractivity contribution in [1.29, 1.82) is 0 Å². The number of aromatic nitrogens is 2. The van der Waals surface area contributed by atoms with Crippen LogP contribution in [0, 0.1) is 34.9 Å². The summed E-state index contributed by atoms with van der Waals surface area (Å²) < 4.78 is 92.3. The summed E-state index contributed by atoms with van der Waals surface area (Å²) in [5, 5.41) is 33.9. The van der Waals surface area contributed by atoms with E-state index >= 15 is 0 Å². The molecular formula is C43H41F6N6NaO11. The zero-order valence-corrected chi connectivity index (χ0v) is 36.7. The number of amides is 3. The van der Waals surface area contributed by atoms with Gasteiger partial charge in [-0.05, 0) is 44.3 Å². The number of aromatic carboxylic acids is 1. The van der Waals surface area contributed by atoms with Gasteiger partial charge < -0.3 is 54.8 Å². The molecule has 4 bridgehead atoms. The van der Waals surface area contributed by atoms with E-state index in [0.29, 0.717) is 30.7 Å². The van der Waals surface area contributed by atoms with Crippen LogP contribution in [0.5, 0.6) is 11.5 Å². The van der Waals surface area contributed by atoms with Crippen molar-refractivity contribution in [2.24, 2.45) is 5.73 Å². The van der Waals surface area contributed by atoms with Crippen molar-refractivity contribution in [3.05, 3.63) is 126 Å². The maximum Gasteiger partial charge on any atom is 1.00 e. The van der Waals surface area contributed by atoms with Crippen molar-refractivity contribution in [1.82, 2.24) is 24.3 Å². The van der Waals surface area contributed by atoms with Crippen LogP contribution in [0.2, 0.25) is 0 Å². The normalized spacial score (nSPS) is 22.6. The maximum absolute atomic E-state index is 13.8.